The highest BCUT2D eigenvalue weighted by Gasteiger charge is 2.47. The van der Waals surface area contributed by atoms with Crippen LogP contribution in [0.25, 0.3) is 11.1 Å². The van der Waals surface area contributed by atoms with Gasteiger partial charge in [-0.05, 0) is 41.1 Å². The smallest absolute Gasteiger partial charge is 0.228 e. The summed E-state index contributed by atoms with van der Waals surface area (Å²) < 4.78 is 5.32. The van der Waals surface area contributed by atoms with E-state index >= 15 is 0 Å². The summed E-state index contributed by atoms with van der Waals surface area (Å²) in [6, 6.07) is 10.2. The lowest BCUT2D eigenvalue weighted by atomic mass is 9.67. The highest BCUT2D eigenvalue weighted by molar-refractivity contribution is 7.10. The predicted molar refractivity (Wildman–Crippen MR) is 103 cm³/mol. The Balaban J connectivity index is 2.02. The van der Waals surface area contributed by atoms with Crippen LogP contribution >= 0.6 is 11.3 Å². The Morgan fingerprint density at radius 3 is 2.80 bits per heavy atom. The molecule has 2 atom stereocenters. The number of piperidine rings is 1. The first-order chi connectivity index (χ1) is 11.9. The quantitative estimate of drug-likeness (QED) is 0.874. The van der Waals surface area contributed by atoms with Crippen LogP contribution in [0.5, 0.6) is 5.75 Å². The van der Waals surface area contributed by atoms with E-state index in [4.69, 9.17) is 10.1 Å². The second-order valence-electron chi connectivity index (χ2n) is 6.68. The van der Waals surface area contributed by atoms with E-state index in [9.17, 15) is 4.79 Å². The number of amides is 1. The first-order valence-corrected chi connectivity index (χ1v) is 9.39. The number of thiophene rings is 1. The van der Waals surface area contributed by atoms with Crippen LogP contribution in [-0.2, 0) is 10.2 Å². The molecule has 1 amide bonds. The lowest BCUT2D eigenvalue weighted by molar-refractivity contribution is -0.130. The van der Waals surface area contributed by atoms with Gasteiger partial charge in [0.15, 0.2) is 0 Å². The van der Waals surface area contributed by atoms with Crippen molar-refractivity contribution >= 4 is 23.1 Å². The van der Waals surface area contributed by atoms with Crippen molar-refractivity contribution in [2.45, 2.75) is 32.1 Å². The molecule has 1 aromatic carbocycles. The minimum absolute atomic E-state index is 0.0111. The number of nitrogens with one attached hydrogen (secondary N) is 1. The zero-order chi connectivity index (χ0) is 18.2. The highest BCUT2D eigenvalue weighted by Crippen LogP contribution is 2.47. The van der Waals surface area contributed by atoms with Crippen molar-refractivity contribution < 1.29 is 9.53 Å². The van der Waals surface area contributed by atoms with Crippen molar-refractivity contribution in [1.82, 2.24) is 4.90 Å². The van der Waals surface area contributed by atoms with E-state index in [0.29, 0.717) is 12.3 Å². The summed E-state index contributed by atoms with van der Waals surface area (Å²) in [5, 5.41) is 10.5. The Bertz CT molecular complexity index is 814. The maximum Gasteiger partial charge on any atom is 0.228 e. The molecule has 0 spiro atoms. The summed E-state index contributed by atoms with van der Waals surface area (Å²) in [7, 11) is 3.37. The minimum atomic E-state index is -0.289. The molecule has 132 valence electrons. The largest absolute Gasteiger partial charge is 0.497 e. The van der Waals surface area contributed by atoms with E-state index in [1.54, 1.807) is 25.5 Å². The number of rotatable bonds is 4. The zero-order valence-electron chi connectivity index (χ0n) is 15.1. The predicted octanol–water partition coefficient (Wildman–Crippen LogP) is 4.55. The third-order valence-corrected chi connectivity index (χ3v) is 6.72. The van der Waals surface area contributed by atoms with E-state index in [-0.39, 0.29) is 17.2 Å². The first kappa shape index (κ1) is 17.7. The van der Waals surface area contributed by atoms with Crippen LogP contribution in [0.15, 0.2) is 35.7 Å². The van der Waals surface area contributed by atoms with Gasteiger partial charge in [0.05, 0.1) is 7.11 Å². The van der Waals surface area contributed by atoms with E-state index in [1.165, 1.54) is 9.78 Å². The molecule has 2 heterocycles. The standard InChI is InChI=1S/C20H24N2O2S/c1-5-20(11-18(23)22(3)19(21)13(20)2)17-10-15(12-25-17)14-7-6-8-16(9-14)24-4/h6-10,12-13,21H,5,11H2,1-4H3/t13-,20+/m0/s1. The molecule has 25 heavy (non-hydrogen) atoms. The van der Waals surface area contributed by atoms with Crippen molar-refractivity contribution in [2.24, 2.45) is 5.92 Å². The maximum absolute atomic E-state index is 12.4. The number of carbonyl (C=O) groups excluding carboxylic acids is 1. The van der Waals surface area contributed by atoms with Gasteiger partial charge in [0.1, 0.15) is 11.6 Å². The SMILES string of the molecule is CC[C@@]1(c2cc(-c3cccc(OC)c3)cs2)CC(=O)N(C)C(=N)[C@@H]1C. The number of nitrogens with zero attached hydrogens (tertiary/aromatic N) is 1. The lowest BCUT2D eigenvalue weighted by Crippen LogP contribution is -2.53. The normalized spacial score (nSPS) is 23.8. The minimum Gasteiger partial charge on any atom is -0.497 e. The highest BCUT2D eigenvalue weighted by atomic mass is 32.1. The van der Waals surface area contributed by atoms with Gasteiger partial charge in [0.25, 0.3) is 0 Å². The van der Waals surface area contributed by atoms with Gasteiger partial charge in [0, 0.05) is 29.7 Å². The Morgan fingerprint density at radius 2 is 2.12 bits per heavy atom. The fourth-order valence-electron chi connectivity index (χ4n) is 3.69. The Morgan fingerprint density at radius 1 is 1.36 bits per heavy atom. The van der Waals surface area contributed by atoms with Gasteiger partial charge in [-0.15, -0.1) is 11.3 Å². The molecule has 3 rings (SSSR count). The number of carbonyl (C=O) groups is 1. The van der Waals surface area contributed by atoms with Crippen molar-refractivity contribution in [3.8, 4) is 16.9 Å². The third-order valence-electron chi connectivity index (χ3n) is 5.57. The van der Waals surface area contributed by atoms with Gasteiger partial charge >= 0.3 is 0 Å². The molecule has 2 aromatic rings. The fourth-order valence-corrected chi connectivity index (χ4v) is 4.97. The third kappa shape index (κ3) is 2.86. The molecule has 0 saturated carbocycles. The Hall–Kier alpha value is -2.14. The number of hydrogen-bond donors (Lipinski definition) is 1. The molecule has 4 nitrogen and oxygen atoms in total. The molecule has 1 saturated heterocycles. The average Bonchev–Trinajstić information content (AvgIpc) is 3.13. The van der Waals surface area contributed by atoms with E-state index in [0.717, 1.165) is 23.3 Å². The van der Waals surface area contributed by atoms with Crippen LogP contribution in [0, 0.1) is 11.3 Å². The van der Waals surface area contributed by atoms with Crippen molar-refractivity contribution in [1.29, 1.82) is 5.41 Å². The number of ether oxygens (including phenoxy) is 1. The second-order valence-corrected chi connectivity index (χ2v) is 7.59. The second kappa shape index (κ2) is 6.64. The van der Waals surface area contributed by atoms with Crippen LogP contribution in [0.4, 0.5) is 0 Å². The first-order valence-electron chi connectivity index (χ1n) is 8.51. The van der Waals surface area contributed by atoms with E-state index in [1.807, 2.05) is 18.2 Å². The molecule has 1 aliphatic heterocycles. The van der Waals surface area contributed by atoms with Crippen LogP contribution in [0.2, 0.25) is 0 Å². The summed E-state index contributed by atoms with van der Waals surface area (Å²) in [6.07, 6.45) is 1.30. The van der Waals surface area contributed by atoms with Gasteiger partial charge in [0.2, 0.25) is 5.91 Å². The number of hydrogen-bond acceptors (Lipinski definition) is 4. The molecular formula is C20H24N2O2S. The van der Waals surface area contributed by atoms with Gasteiger partial charge < -0.3 is 9.64 Å². The van der Waals surface area contributed by atoms with Gasteiger partial charge in [-0.1, -0.05) is 26.0 Å². The molecule has 0 radical (unpaired) electrons. The average molecular weight is 356 g/mol. The molecule has 1 fully saturated rings. The molecule has 1 N–H and O–H groups in total. The van der Waals surface area contributed by atoms with Crippen molar-refractivity contribution in [3.63, 3.8) is 0 Å². The van der Waals surface area contributed by atoms with Gasteiger partial charge in [-0.2, -0.15) is 0 Å². The van der Waals surface area contributed by atoms with Crippen LogP contribution in [0.3, 0.4) is 0 Å². The molecular weight excluding hydrogens is 332 g/mol. The fraction of sp³-hybridized carbons (Fsp3) is 0.400. The topological polar surface area (TPSA) is 53.4 Å². The summed E-state index contributed by atoms with van der Waals surface area (Å²) in [4.78, 5) is 15.1. The summed E-state index contributed by atoms with van der Waals surface area (Å²) in [5.41, 5.74) is 1.95. The molecule has 0 bridgehead atoms. The zero-order valence-corrected chi connectivity index (χ0v) is 15.9. The number of benzene rings is 1. The maximum atomic E-state index is 12.4. The van der Waals surface area contributed by atoms with Crippen molar-refractivity contribution in [2.75, 3.05) is 14.2 Å². The Labute approximate surface area is 152 Å². The summed E-state index contributed by atoms with van der Waals surface area (Å²) >= 11 is 1.69. The van der Waals surface area contributed by atoms with Crippen LogP contribution in [0.1, 0.15) is 31.6 Å². The monoisotopic (exact) mass is 356 g/mol. The molecule has 0 unspecified atom stereocenters. The van der Waals surface area contributed by atoms with Gasteiger partial charge in [-0.25, -0.2) is 0 Å². The van der Waals surface area contributed by atoms with Gasteiger partial charge in [-0.3, -0.25) is 10.2 Å². The summed E-state index contributed by atoms with van der Waals surface area (Å²) in [6.45, 7) is 4.19. The number of amidine groups is 1. The lowest BCUT2D eigenvalue weighted by Gasteiger charge is -2.44. The molecule has 1 aliphatic rings. The van der Waals surface area contributed by atoms with E-state index < -0.39 is 0 Å². The van der Waals surface area contributed by atoms with E-state index in [2.05, 4.69) is 31.4 Å². The Kier molecular flexibility index (Phi) is 4.69. The van der Waals surface area contributed by atoms with Crippen molar-refractivity contribution in [3.05, 3.63) is 40.6 Å². The molecule has 0 aliphatic carbocycles. The number of likely N-dealkylation sites (tertiary alicyclic amines) is 1. The summed E-state index contributed by atoms with van der Waals surface area (Å²) in [5.74, 6) is 1.28. The van der Waals surface area contributed by atoms with Crippen LogP contribution in [-0.4, -0.2) is 30.8 Å². The van der Waals surface area contributed by atoms with Crippen LogP contribution < -0.4 is 4.74 Å². The number of methoxy groups -OCH3 is 1. The molecule has 5 heteroatoms. The molecule has 1 aromatic heterocycles.